The molecule has 3 heterocycles. The van der Waals surface area contributed by atoms with Gasteiger partial charge in [0.2, 0.25) is 5.91 Å². The first-order valence-corrected chi connectivity index (χ1v) is 10.1. The van der Waals surface area contributed by atoms with Crippen LogP contribution in [0.3, 0.4) is 0 Å². The fraction of sp³-hybridized carbons (Fsp3) is 0.238. The summed E-state index contributed by atoms with van der Waals surface area (Å²) in [6, 6.07) is 13.9. The zero-order chi connectivity index (χ0) is 19.2. The number of hydrogen-bond acceptors (Lipinski definition) is 5. The van der Waals surface area contributed by atoms with Crippen LogP contribution in [0.5, 0.6) is 0 Å². The van der Waals surface area contributed by atoms with Crippen LogP contribution in [-0.2, 0) is 24.2 Å². The van der Waals surface area contributed by atoms with Gasteiger partial charge in [-0.05, 0) is 49.1 Å². The fourth-order valence-electron chi connectivity index (χ4n) is 2.98. The summed E-state index contributed by atoms with van der Waals surface area (Å²) in [5.74, 6) is 0.584. The van der Waals surface area contributed by atoms with Gasteiger partial charge in [-0.25, -0.2) is 4.98 Å². The number of hydrogen-bond donors (Lipinski definition) is 1. The molecule has 1 amide bonds. The highest BCUT2D eigenvalue weighted by molar-refractivity contribution is 7.18. The van der Waals surface area contributed by atoms with E-state index in [1.54, 1.807) is 23.7 Å². The Bertz CT molecular complexity index is 1020. The molecule has 28 heavy (non-hydrogen) atoms. The Morgan fingerprint density at radius 3 is 2.79 bits per heavy atom. The van der Waals surface area contributed by atoms with Crippen molar-refractivity contribution in [1.82, 2.24) is 19.7 Å². The number of thiazole rings is 1. The molecule has 0 saturated heterocycles. The molecular weight excluding hydrogens is 370 g/mol. The smallest absolute Gasteiger partial charge is 0.225 e. The highest BCUT2D eigenvalue weighted by Gasteiger charge is 2.08. The number of carbonyl (C=O) groups excluding carboxylic acids is 1. The molecule has 0 unspecified atom stereocenters. The average molecular weight is 392 g/mol. The number of rotatable bonds is 8. The maximum absolute atomic E-state index is 12.2. The van der Waals surface area contributed by atoms with Crippen LogP contribution in [0.15, 0.2) is 61.1 Å². The van der Waals surface area contributed by atoms with Gasteiger partial charge in [0.1, 0.15) is 0 Å². The van der Waals surface area contributed by atoms with Gasteiger partial charge in [0.05, 0.1) is 15.2 Å². The second-order valence-electron chi connectivity index (χ2n) is 6.55. The Kier molecular flexibility index (Phi) is 5.72. The lowest BCUT2D eigenvalue weighted by Gasteiger charge is -2.03. The van der Waals surface area contributed by atoms with Gasteiger partial charge in [0.25, 0.3) is 0 Å². The van der Waals surface area contributed by atoms with Crippen molar-refractivity contribution in [1.29, 1.82) is 0 Å². The number of aromatic nitrogens is 4. The molecule has 1 N–H and O–H groups in total. The summed E-state index contributed by atoms with van der Waals surface area (Å²) in [7, 11) is 0. The minimum Gasteiger partial charge on any atom is -0.309 e. The molecule has 0 spiro atoms. The zero-order valence-corrected chi connectivity index (χ0v) is 16.2. The molecule has 4 aromatic rings. The first kappa shape index (κ1) is 18.3. The molecule has 0 aliphatic rings. The highest BCUT2D eigenvalue weighted by atomic mass is 32.1. The number of nitrogens with zero attached hydrogens (tertiary/aromatic N) is 4. The number of nitrogens with one attached hydrogen (secondary N) is 1. The lowest BCUT2D eigenvalue weighted by molar-refractivity contribution is -0.116. The summed E-state index contributed by atoms with van der Waals surface area (Å²) in [4.78, 5) is 20.8. The third-order valence-corrected chi connectivity index (χ3v) is 5.52. The molecule has 0 saturated carbocycles. The molecule has 6 nitrogen and oxygen atoms in total. The standard InChI is InChI=1S/C21H21N5OS/c27-20(6-3-7-21-23-17-4-1-2-5-18(17)28-21)24-19-11-15-26(25-19)14-10-16-8-12-22-13-9-16/h1-2,4-5,8-9,11-13,15H,3,6-7,10,14H2,(H,24,25,27). The molecule has 142 valence electrons. The molecule has 4 rings (SSSR count). The largest absolute Gasteiger partial charge is 0.309 e. The molecule has 0 aliphatic carbocycles. The van der Waals surface area contributed by atoms with Gasteiger partial charge in [-0.3, -0.25) is 14.5 Å². The Hall–Kier alpha value is -3.06. The second-order valence-corrected chi connectivity index (χ2v) is 7.66. The summed E-state index contributed by atoms with van der Waals surface area (Å²) in [6.07, 6.45) is 8.38. The molecule has 0 radical (unpaired) electrons. The molecule has 0 aliphatic heterocycles. The SMILES string of the molecule is O=C(CCCc1nc2ccccc2s1)Nc1ccn(CCc2ccncc2)n1. The third-order valence-electron chi connectivity index (χ3n) is 4.42. The van der Waals surface area contributed by atoms with E-state index in [9.17, 15) is 4.79 Å². The molecule has 0 atom stereocenters. The van der Waals surface area contributed by atoms with Crippen molar-refractivity contribution in [2.45, 2.75) is 32.2 Å². The predicted octanol–water partition coefficient (Wildman–Crippen LogP) is 4.09. The van der Waals surface area contributed by atoms with Crippen LogP contribution in [0, 0.1) is 0 Å². The summed E-state index contributed by atoms with van der Waals surface area (Å²) in [5.41, 5.74) is 2.25. The fourth-order valence-corrected chi connectivity index (χ4v) is 3.99. The topological polar surface area (TPSA) is 72.7 Å². The van der Waals surface area contributed by atoms with Gasteiger partial charge in [-0.1, -0.05) is 12.1 Å². The van der Waals surface area contributed by atoms with Crippen LogP contribution in [0.2, 0.25) is 0 Å². The number of aryl methyl sites for hydroxylation is 3. The van der Waals surface area contributed by atoms with Crippen LogP contribution >= 0.6 is 11.3 Å². The third kappa shape index (κ3) is 4.80. The number of para-hydroxylation sites is 1. The van der Waals surface area contributed by atoms with E-state index in [4.69, 9.17) is 0 Å². The summed E-state index contributed by atoms with van der Waals surface area (Å²) >= 11 is 1.70. The van der Waals surface area contributed by atoms with Crippen LogP contribution in [0.1, 0.15) is 23.4 Å². The maximum Gasteiger partial charge on any atom is 0.225 e. The Morgan fingerprint density at radius 1 is 1.07 bits per heavy atom. The van der Waals surface area contributed by atoms with Crippen LogP contribution in [0.25, 0.3) is 10.2 Å². The van der Waals surface area contributed by atoms with Crippen LogP contribution in [0.4, 0.5) is 5.82 Å². The van der Waals surface area contributed by atoms with Crippen molar-refractivity contribution in [3.63, 3.8) is 0 Å². The summed E-state index contributed by atoms with van der Waals surface area (Å²) in [5, 5.41) is 8.37. The first-order valence-electron chi connectivity index (χ1n) is 9.33. The van der Waals surface area contributed by atoms with E-state index < -0.39 is 0 Å². The monoisotopic (exact) mass is 391 g/mol. The molecule has 7 heteroatoms. The number of carbonyl (C=O) groups is 1. The minimum atomic E-state index is -0.0134. The lowest BCUT2D eigenvalue weighted by atomic mass is 10.2. The van der Waals surface area contributed by atoms with Crippen molar-refractivity contribution >= 4 is 33.3 Å². The number of fused-ring (bicyclic) bond motifs is 1. The zero-order valence-electron chi connectivity index (χ0n) is 15.4. The predicted molar refractivity (Wildman–Crippen MR) is 111 cm³/mol. The van der Waals surface area contributed by atoms with Crippen molar-refractivity contribution in [3.05, 3.63) is 71.6 Å². The van der Waals surface area contributed by atoms with E-state index in [2.05, 4.69) is 26.4 Å². The van der Waals surface area contributed by atoms with Gasteiger partial charge in [0.15, 0.2) is 5.82 Å². The van der Waals surface area contributed by atoms with Crippen molar-refractivity contribution in [2.75, 3.05) is 5.32 Å². The Morgan fingerprint density at radius 2 is 1.93 bits per heavy atom. The average Bonchev–Trinajstić information content (AvgIpc) is 3.33. The Balaban J connectivity index is 1.22. The van der Waals surface area contributed by atoms with Gasteiger partial charge < -0.3 is 5.32 Å². The highest BCUT2D eigenvalue weighted by Crippen LogP contribution is 2.22. The molecular formula is C21H21N5OS. The van der Waals surface area contributed by atoms with Crippen LogP contribution < -0.4 is 5.32 Å². The normalized spacial score (nSPS) is 11.0. The van der Waals surface area contributed by atoms with E-state index in [0.717, 1.165) is 36.3 Å². The second kappa shape index (κ2) is 8.75. The molecule has 0 fully saturated rings. The number of anilines is 1. The van der Waals surface area contributed by atoms with Gasteiger partial charge >= 0.3 is 0 Å². The number of pyridine rings is 1. The number of amides is 1. The Labute approximate surface area is 167 Å². The molecule has 1 aromatic carbocycles. The summed E-state index contributed by atoms with van der Waals surface area (Å²) < 4.78 is 3.04. The lowest BCUT2D eigenvalue weighted by Crippen LogP contribution is -2.12. The minimum absolute atomic E-state index is 0.0134. The van der Waals surface area contributed by atoms with Crippen LogP contribution in [-0.4, -0.2) is 25.7 Å². The van der Waals surface area contributed by atoms with E-state index in [1.165, 1.54) is 10.3 Å². The van der Waals surface area contributed by atoms with Gasteiger partial charge in [0, 0.05) is 37.6 Å². The van der Waals surface area contributed by atoms with E-state index in [-0.39, 0.29) is 5.91 Å². The van der Waals surface area contributed by atoms with Gasteiger partial charge in [-0.2, -0.15) is 5.10 Å². The van der Waals surface area contributed by atoms with E-state index in [1.807, 2.05) is 47.3 Å². The maximum atomic E-state index is 12.2. The van der Waals surface area contributed by atoms with E-state index in [0.29, 0.717) is 12.2 Å². The van der Waals surface area contributed by atoms with Crippen molar-refractivity contribution in [2.24, 2.45) is 0 Å². The number of benzene rings is 1. The molecule has 0 bridgehead atoms. The van der Waals surface area contributed by atoms with E-state index >= 15 is 0 Å². The van der Waals surface area contributed by atoms with Crippen molar-refractivity contribution in [3.8, 4) is 0 Å². The molecule has 3 aromatic heterocycles. The first-order chi connectivity index (χ1) is 13.8. The quantitative estimate of drug-likeness (QED) is 0.491. The summed E-state index contributed by atoms with van der Waals surface area (Å²) in [6.45, 7) is 0.761. The van der Waals surface area contributed by atoms with Gasteiger partial charge in [-0.15, -0.1) is 11.3 Å². The van der Waals surface area contributed by atoms with Crippen molar-refractivity contribution < 1.29 is 4.79 Å².